The molecule has 0 radical (unpaired) electrons. The van der Waals surface area contributed by atoms with E-state index in [-0.39, 0.29) is 12.3 Å². The summed E-state index contributed by atoms with van der Waals surface area (Å²) in [7, 11) is 0. The number of dihydropyridines is 1. The Morgan fingerprint density at radius 3 is 2.86 bits per heavy atom. The predicted octanol–water partition coefficient (Wildman–Crippen LogP) is 3.40. The third kappa shape index (κ3) is 4.10. The van der Waals surface area contributed by atoms with Gasteiger partial charge in [0.25, 0.3) is 0 Å². The maximum Gasteiger partial charge on any atom is 0.170 e. The highest BCUT2D eigenvalue weighted by Gasteiger charge is 2.16. The van der Waals surface area contributed by atoms with Crippen LogP contribution in [0.2, 0.25) is 0 Å². The number of nitrogens with two attached hydrogens (primary N) is 1. The first kappa shape index (κ1) is 17.9. The van der Waals surface area contributed by atoms with Gasteiger partial charge in [-0.1, -0.05) is 17.3 Å². The minimum atomic E-state index is -0.205. The Balaban J connectivity index is 1.35. The van der Waals surface area contributed by atoms with Crippen LogP contribution in [0.4, 0.5) is 5.82 Å². The lowest BCUT2D eigenvalue weighted by molar-refractivity contribution is 0.00930. The van der Waals surface area contributed by atoms with Gasteiger partial charge in [-0.25, -0.2) is 4.98 Å². The highest BCUT2D eigenvalue weighted by atomic mass is 16.5. The number of rotatable bonds is 6. The molecule has 3 N–H and O–H groups in total. The molecule has 0 amide bonds. The maximum atomic E-state index is 5.99. The van der Waals surface area contributed by atoms with E-state index < -0.39 is 0 Å². The summed E-state index contributed by atoms with van der Waals surface area (Å²) < 4.78 is 11.4. The Morgan fingerprint density at radius 1 is 1.21 bits per heavy atom. The van der Waals surface area contributed by atoms with E-state index in [1.807, 2.05) is 61.7 Å². The fourth-order valence-corrected chi connectivity index (χ4v) is 2.96. The van der Waals surface area contributed by atoms with Crippen LogP contribution in [0.15, 0.2) is 77.2 Å². The van der Waals surface area contributed by atoms with E-state index in [2.05, 4.69) is 20.4 Å². The van der Waals surface area contributed by atoms with E-state index in [1.165, 1.54) is 0 Å². The number of aromatic nitrogens is 3. The van der Waals surface area contributed by atoms with Crippen LogP contribution in [0.1, 0.15) is 24.4 Å². The summed E-state index contributed by atoms with van der Waals surface area (Å²) in [5.74, 6) is 1.03. The molecule has 0 saturated heterocycles. The number of nitrogens with one attached hydrogen (secondary N) is 1. The minimum Gasteiger partial charge on any atom is -0.383 e. The first-order chi connectivity index (χ1) is 13.7. The Morgan fingerprint density at radius 2 is 2.11 bits per heavy atom. The number of hydrogen-bond donors (Lipinski definition) is 2. The van der Waals surface area contributed by atoms with Gasteiger partial charge in [-0.05, 0) is 42.8 Å². The number of allylic oxidation sites excluding steroid dienone is 2. The minimum absolute atomic E-state index is 0.110. The molecule has 2 atom stereocenters. The average Bonchev–Trinajstić information content (AvgIpc) is 3.18. The van der Waals surface area contributed by atoms with E-state index >= 15 is 0 Å². The van der Waals surface area contributed by atoms with Gasteiger partial charge >= 0.3 is 0 Å². The fraction of sp³-hybridized carbons (Fsp3) is 0.190. The molecule has 0 saturated carbocycles. The van der Waals surface area contributed by atoms with E-state index in [9.17, 15) is 0 Å². The lowest BCUT2D eigenvalue weighted by Crippen LogP contribution is -2.29. The van der Waals surface area contributed by atoms with Crippen LogP contribution in [0.3, 0.4) is 0 Å². The Hall–Kier alpha value is -3.45. The molecule has 3 aromatic rings. The van der Waals surface area contributed by atoms with Crippen molar-refractivity contribution in [3.05, 3.63) is 84.1 Å². The lowest BCUT2D eigenvalue weighted by atomic mass is 10.1. The molecule has 0 bridgehead atoms. The summed E-state index contributed by atoms with van der Waals surface area (Å²) in [4.78, 5) is 8.40. The van der Waals surface area contributed by atoms with Crippen molar-refractivity contribution in [3.8, 4) is 11.3 Å². The molecule has 1 aliphatic heterocycles. The zero-order valence-corrected chi connectivity index (χ0v) is 15.4. The van der Waals surface area contributed by atoms with E-state index in [4.69, 9.17) is 15.0 Å². The molecule has 0 aliphatic carbocycles. The van der Waals surface area contributed by atoms with Crippen LogP contribution in [0.25, 0.3) is 11.3 Å². The molecule has 0 aromatic carbocycles. The van der Waals surface area contributed by atoms with Gasteiger partial charge in [-0.2, -0.15) is 0 Å². The second-order valence-corrected chi connectivity index (χ2v) is 6.49. The molecule has 7 nitrogen and oxygen atoms in total. The Labute approximate surface area is 162 Å². The van der Waals surface area contributed by atoms with Gasteiger partial charge in [0.15, 0.2) is 5.76 Å². The normalized spacial score (nSPS) is 17.0. The van der Waals surface area contributed by atoms with Crippen molar-refractivity contribution in [2.24, 2.45) is 0 Å². The van der Waals surface area contributed by atoms with Crippen LogP contribution in [-0.4, -0.2) is 21.4 Å². The number of anilines is 1. The molecule has 7 heteroatoms. The molecule has 2 unspecified atom stereocenters. The van der Waals surface area contributed by atoms with Crippen molar-refractivity contribution in [2.45, 2.75) is 25.7 Å². The number of ether oxygens (including phenoxy) is 1. The van der Waals surface area contributed by atoms with Crippen LogP contribution >= 0.6 is 0 Å². The van der Waals surface area contributed by atoms with Crippen molar-refractivity contribution in [3.63, 3.8) is 0 Å². The molecular weight excluding hydrogens is 354 g/mol. The molecule has 0 spiro atoms. The first-order valence-electron chi connectivity index (χ1n) is 9.05. The largest absolute Gasteiger partial charge is 0.383 e. The molecule has 0 fully saturated rings. The van der Waals surface area contributed by atoms with Crippen molar-refractivity contribution < 1.29 is 9.26 Å². The number of nitrogen functional groups attached to an aromatic ring is 1. The fourth-order valence-electron chi connectivity index (χ4n) is 2.96. The van der Waals surface area contributed by atoms with Crippen molar-refractivity contribution in [1.29, 1.82) is 0 Å². The molecule has 3 aromatic heterocycles. The van der Waals surface area contributed by atoms with Gasteiger partial charge in [0.1, 0.15) is 12.0 Å². The average molecular weight is 375 g/mol. The van der Waals surface area contributed by atoms with Crippen molar-refractivity contribution in [1.82, 2.24) is 20.4 Å². The maximum absolute atomic E-state index is 5.99. The molecule has 4 heterocycles. The second kappa shape index (κ2) is 8.06. The third-order valence-electron chi connectivity index (χ3n) is 4.42. The monoisotopic (exact) mass is 375 g/mol. The highest BCUT2D eigenvalue weighted by Crippen LogP contribution is 2.25. The zero-order chi connectivity index (χ0) is 19.3. The Bertz CT molecular complexity index is 997. The summed E-state index contributed by atoms with van der Waals surface area (Å²) in [5, 5.41) is 7.38. The van der Waals surface area contributed by atoms with Crippen molar-refractivity contribution >= 4 is 5.82 Å². The number of pyridine rings is 2. The number of hydrogen-bond acceptors (Lipinski definition) is 7. The van der Waals surface area contributed by atoms with Crippen LogP contribution < -0.4 is 11.1 Å². The summed E-state index contributed by atoms with van der Waals surface area (Å²) in [6.07, 6.45) is 9.67. The van der Waals surface area contributed by atoms with Gasteiger partial charge in [-0.15, -0.1) is 0 Å². The molecule has 28 heavy (non-hydrogen) atoms. The van der Waals surface area contributed by atoms with Gasteiger partial charge in [-0.3, -0.25) is 4.98 Å². The summed E-state index contributed by atoms with van der Waals surface area (Å²) >= 11 is 0. The standard InChI is InChI=1S/C21H21N5O2/c1-14(18-6-2-3-9-23-18)27-20-8-7-15(13-25-20)11-16-12-19(28-26-16)17-5-4-10-24-21(17)22/h2-10,12-14,20,25H,11H2,1H3,(H2,22,24). The van der Waals surface area contributed by atoms with Crippen molar-refractivity contribution in [2.75, 3.05) is 5.73 Å². The van der Waals surface area contributed by atoms with Crippen LogP contribution in [-0.2, 0) is 11.2 Å². The van der Waals surface area contributed by atoms with Crippen LogP contribution in [0.5, 0.6) is 0 Å². The molecule has 1 aliphatic rings. The summed E-state index contributed by atoms with van der Waals surface area (Å²) in [5.41, 5.74) is 9.42. The highest BCUT2D eigenvalue weighted by molar-refractivity contribution is 5.69. The molecular formula is C21H21N5O2. The second-order valence-electron chi connectivity index (χ2n) is 6.49. The van der Waals surface area contributed by atoms with Gasteiger partial charge in [0.05, 0.1) is 23.1 Å². The molecule has 4 rings (SSSR count). The smallest absolute Gasteiger partial charge is 0.170 e. The predicted molar refractivity (Wildman–Crippen MR) is 106 cm³/mol. The third-order valence-corrected chi connectivity index (χ3v) is 4.42. The molecule has 142 valence electrons. The zero-order valence-electron chi connectivity index (χ0n) is 15.4. The van der Waals surface area contributed by atoms with E-state index in [1.54, 1.807) is 12.4 Å². The van der Waals surface area contributed by atoms with E-state index in [0.717, 1.165) is 22.5 Å². The summed E-state index contributed by atoms with van der Waals surface area (Å²) in [6.45, 7) is 1.98. The van der Waals surface area contributed by atoms with Gasteiger partial charge in [0, 0.05) is 31.1 Å². The van der Waals surface area contributed by atoms with Crippen LogP contribution in [0, 0.1) is 0 Å². The number of nitrogens with zero attached hydrogens (tertiary/aromatic N) is 3. The SMILES string of the molecule is CC(OC1C=CC(Cc2cc(-c3cccnc3N)on2)=CN1)c1ccccn1. The van der Waals surface area contributed by atoms with Gasteiger partial charge in [0.2, 0.25) is 0 Å². The quantitative estimate of drug-likeness (QED) is 0.681. The van der Waals surface area contributed by atoms with E-state index in [0.29, 0.717) is 18.0 Å². The van der Waals surface area contributed by atoms with Gasteiger partial charge < -0.3 is 20.3 Å². The lowest BCUT2D eigenvalue weighted by Gasteiger charge is -2.22. The Kier molecular flexibility index (Phi) is 5.16. The topological polar surface area (TPSA) is 99.1 Å². The summed E-state index contributed by atoms with van der Waals surface area (Å²) in [6, 6.07) is 11.4. The first-order valence-corrected chi connectivity index (χ1v) is 9.05.